The third-order valence-corrected chi connectivity index (χ3v) is 4.70. The van der Waals surface area contributed by atoms with Gasteiger partial charge in [0.05, 0.1) is 26.9 Å². The zero-order valence-electron chi connectivity index (χ0n) is 17.0. The first kappa shape index (κ1) is 23.3. The summed E-state index contributed by atoms with van der Waals surface area (Å²) in [6.45, 7) is 4.66. The molecular weight excluding hydrogens is 481 g/mol. The number of ether oxygens (including phenoxy) is 3. The molecular formula is C22H30IN3O3. The summed E-state index contributed by atoms with van der Waals surface area (Å²) in [5, 5.41) is 3.17. The number of nitrogens with one attached hydrogen (secondary N) is 1. The third kappa shape index (κ3) is 7.40. The van der Waals surface area contributed by atoms with E-state index < -0.39 is 0 Å². The van der Waals surface area contributed by atoms with Crippen molar-refractivity contribution in [3.63, 3.8) is 0 Å². The summed E-state index contributed by atoms with van der Waals surface area (Å²) >= 11 is 0. The minimum atomic E-state index is 0. The van der Waals surface area contributed by atoms with Gasteiger partial charge in [0.15, 0.2) is 5.96 Å². The van der Waals surface area contributed by atoms with Crippen molar-refractivity contribution in [1.29, 1.82) is 0 Å². The molecule has 1 unspecified atom stereocenters. The lowest BCUT2D eigenvalue weighted by Crippen LogP contribution is -2.33. The fourth-order valence-electron chi connectivity index (χ4n) is 3.04. The van der Waals surface area contributed by atoms with Crippen LogP contribution in [-0.2, 0) is 17.7 Å². The second-order valence-corrected chi connectivity index (χ2v) is 6.94. The largest absolute Gasteiger partial charge is 0.497 e. The lowest BCUT2D eigenvalue weighted by Gasteiger charge is -2.16. The van der Waals surface area contributed by atoms with E-state index in [2.05, 4.69) is 47.6 Å². The number of halogens is 1. The number of rotatable bonds is 8. The number of hydrogen-bond donors (Lipinski definition) is 2. The van der Waals surface area contributed by atoms with E-state index in [1.165, 1.54) is 5.56 Å². The fourth-order valence-corrected chi connectivity index (χ4v) is 3.04. The first-order valence-corrected chi connectivity index (χ1v) is 9.64. The summed E-state index contributed by atoms with van der Waals surface area (Å²) in [7, 11) is 1.67. The van der Waals surface area contributed by atoms with Crippen LogP contribution in [0.25, 0.3) is 0 Å². The van der Waals surface area contributed by atoms with Gasteiger partial charge in [0.2, 0.25) is 0 Å². The van der Waals surface area contributed by atoms with Crippen molar-refractivity contribution in [3.8, 4) is 11.5 Å². The Kier molecular flexibility index (Phi) is 9.53. The van der Waals surface area contributed by atoms with Gasteiger partial charge in [0, 0.05) is 18.5 Å². The molecule has 0 bridgehead atoms. The van der Waals surface area contributed by atoms with Crippen LogP contribution in [0.4, 0.5) is 0 Å². The Morgan fingerprint density at radius 2 is 2.03 bits per heavy atom. The molecule has 2 aromatic carbocycles. The van der Waals surface area contributed by atoms with Crippen LogP contribution in [0.15, 0.2) is 47.5 Å². The Hall–Kier alpha value is -2.00. The number of nitrogens with zero attached hydrogens (tertiary/aromatic N) is 1. The molecule has 29 heavy (non-hydrogen) atoms. The maximum absolute atomic E-state index is 6.11. The Bertz CT molecular complexity index is 790. The summed E-state index contributed by atoms with van der Waals surface area (Å²) in [4.78, 5) is 4.47. The van der Waals surface area contributed by atoms with E-state index in [0.29, 0.717) is 19.1 Å². The number of aliphatic imine (C=N–C) groups is 1. The highest BCUT2D eigenvalue weighted by atomic mass is 127. The molecule has 6 nitrogen and oxygen atoms in total. The number of methoxy groups -OCH3 is 1. The molecule has 1 aliphatic heterocycles. The maximum atomic E-state index is 6.11. The Morgan fingerprint density at radius 1 is 1.24 bits per heavy atom. The molecule has 1 saturated heterocycles. The van der Waals surface area contributed by atoms with Gasteiger partial charge in [-0.15, -0.1) is 24.0 Å². The molecule has 0 spiro atoms. The summed E-state index contributed by atoms with van der Waals surface area (Å²) < 4.78 is 16.7. The first-order valence-electron chi connectivity index (χ1n) is 9.64. The minimum absolute atomic E-state index is 0. The average Bonchev–Trinajstić information content (AvgIpc) is 3.21. The van der Waals surface area contributed by atoms with Crippen LogP contribution >= 0.6 is 24.0 Å². The van der Waals surface area contributed by atoms with E-state index in [-0.39, 0.29) is 30.1 Å². The van der Waals surface area contributed by atoms with E-state index in [0.717, 1.165) is 48.6 Å². The number of hydrogen-bond acceptors (Lipinski definition) is 4. The van der Waals surface area contributed by atoms with Gasteiger partial charge in [-0.05, 0) is 42.7 Å². The molecule has 0 aromatic heterocycles. The van der Waals surface area contributed by atoms with Crippen LogP contribution in [0.2, 0.25) is 0 Å². The van der Waals surface area contributed by atoms with Crippen LogP contribution < -0.4 is 20.5 Å². The van der Waals surface area contributed by atoms with Gasteiger partial charge in [-0.25, -0.2) is 4.99 Å². The highest BCUT2D eigenvalue weighted by Gasteiger charge is 2.18. The first-order chi connectivity index (χ1) is 13.6. The van der Waals surface area contributed by atoms with E-state index >= 15 is 0 Å². The van der Waals surface area contributed by atoms with Crippen LogP contribution in [0.1, 0.15) is 23.1 Å². The predicted octanol–water partition coefficient (Wildman–Crippen LogP) is 3.44. The normalized spacial score (nSPS) is 16.2. The van der Waals surface area contributed by atoms with Crippen LogP contribution in [-0.4, -0.2) is 38.9 Å². The van der Waals surface area contributed by atoms with Crippen LogP contribution in [0.5, 0.6) is 11.5 Å². The van der Waals surface area contributed by atoms with Crippen LogP contribution in [0.3, 0.4) is 0 Å². The Balaban J connectivity index is 0.00000300. The standard InChI is InChI=1S/C22H29N3O3.HI/c1-16-3-6-18(21(13-16)28-20-10-12-27-15-20)14-25-22(23)24-11-9-17-4-7-19(26-2)8-5-17;/h3-8,13,20H,9-12,14-15H2,1-2H3,(H3,23,24,25);1H. The molecule has 0 radical (unpaired) electrons. The van der Waals surface area contributed by atoms with Gasteiger partial charge in [-0.1, -0.05) is 24.3 Å². The molecule has 3 rings (SSSR count). The summed E-state index contributed by atoms with van der Waals surface area (Å²) in [6, 6.07) is 14.2. The van der Waals surface area contributed by atoms with Crippen LogP contribution in [0, 0.1) is 6.92 Å². The van der Waals surface area contributed by atoms with Gasteiger partial charge in [0.25, 0.3) is 0 Å². The zero-order valence-corrected chi connectivity index (χ0v) is 19.3. The van der Waals surface area contributed by atoms with Crippen molar-refractivity contribution in [1.82, 2.24) is 5.32 Å². The molecule has 0 saturated carbocycles. The summed E-state index contributed by atoms with van der Waals surface area (Å²) in [5.41, 5.74) is 9.43. The molecule has 158 valence electrons. The summed E-state index contributed by atoms with van der Waals surface area (Å²) in [5.74, 6) is 2.16. The topological polar surface area (TPSA) is 78.1 Å². The quantitative estimate of drug-likeness (QED) is 0.323. The Morgan fingerprint density at radius 3 is 2.72 bits per heavy atom. The van der Waals surface area contributed by atoms with Crippen molar-refractivity contribution in [2.45, 2.75) is 32.4 Å². The fraction of sp³-hybridized carbons (Fsp3) is 0.409. The smallest absolute Gasteiger partial charge is 0.188 e. The number of benzene rings is 2. The van der Waals surface area contributed by atoms with Gasteiger partial charge in [-0.3, -0.25) is 0 Å². The lowest BCUT2D eigenvalue weighted by atomic mass is 10.1. The molecule has 1 atom stereocenters. The van der Waals surface area contributed by atoms with Crippen molar-refractivity contribution in [2.24, 2.45) is 10.7 Å². The van der Waals surface area contributed by atoms with Gasteiger partial charge < -0.3 is 25.3 Å². The zero-order chi connectivity index (χ0) is 19.8. The third-order valence-electron chi connectivity index (χ3n) is 4.70. The minimum Gasteiger partial charge on any atom is -0.497 e. The van der Waals surface area contributed by atoms with E-state index in [1.54, 1.807) is 7.11 Å². The molecule has 3 N–H and O–H groups in total. The van der Waals surface area contributed by atoms with Gasteiger partial charge in [0.1, 0.15) is 17.6 Å². The number of guanidine groups is 1. The molecule has 1 heterocycles. The second kappa shape index (κ2) is 11.9. The van der Waals surface area contributed by atoms with Crippen molar-refractivity contribution in [3.05, 3.63) is 59.2 Å². The van der Waals surface area contributed by atoms with E-state index in [9.17, 15) is 0 Å². The monoisotopic (exact) mass is 511 g/mol. The van der Waals surface area contributed by atoms with Crippen molar-refractivity contribution >= 4 is 29.9 Å². The SMILES string of the molecule is COc1ccc(CCNC(N)=NCc2ccc(C)cc2OC2CCOC2)cc1.I. The van der Waals surface area contributed by atoms with E-state index in [1.807, 2.05) is 12.1 Å². The summed E-state index contributed by atoms with van der Waals surface area (Å²) in [6.07, 6.45) is 1.90. The van der Waals surface area contributed by atoms with Gasteiger partial charge in [-0.2, -0.15) is 0 Å². The average molecular weight is 511 g/mol. The Labute approximate surface area is 189 Å². The molecule has 0 amide bonds. The molecule has 0 aliphatic carbocycles. The van der Waals surface area contributed by atoms with Crippen molar-refractivity contribution < 1.29 is 14.2 Å². The van der Waals surface area contributed by atoms with E-state index in [4.69, 9.17) is 19.9 Å². The maximum Gasteiger partial charge on any atom is 0.188 e. The molecule has 7 heteroatoms. The lowest BCUT2D eigenvalue weighted by molar-refractivity contribution is 0.140. The van der Waals surface area contributed by atoms with Crippen molar-refractivity contribution in [2.75, 3.05) is 26.9 Å². The molecule has 2 aromatic rings. The number of aryl methyl sites for hydroxylation is 1. The van der Waals surface area contributed by atoms with Gasteiger partial charge >= 0.3 is 0 Å². The predicted molar refractivity (Wildman–Crippen MR) is 126 cm³/mol. The molecule has 1 fully saturated rings. The number of nitrogens with two attached hydrogens (primary N) is 1. The second-order valence-electron chi connectivity index (χ2n) is 6.94. The molecule has 1 aliphatic rings. The highest BCUT2D eigenvalue weighted by molar-refractivity contribution is 14.0. The highest BCUT2D eigenvalue weighted by Crippen LogP contribution is 2.24.